The van der Waals surface area contributed by atoms with E-state index in [1.807, 2.05) is 52.0 Å². The number of hydrogen-bond donors (Lipinski definition) is 1. The zero-order chi connectivity index (χ0) is 23.3. The van der Waals surface area contributed by atoms with E-state index in [0.29, 0.717) is 35.8 Å². The summed E-state index contributed by atoms with van der Waals surface area (Å²) in [5.41, 5.74) is 1.18. The van der Waals surface area contributed by atoms with Gasteiger partial charge in [0.2, 0.25) is 0 Å². The van der Waals surface area contributed by atoms with Crippen molar-refractivity contribution in [3.05, 3.63) is 65.2 Å². The van der Waals surface area contributed by atoms with Gasteiger partial charge in [-0.1, -0.05) is 43.7 Å². The summed E-state index contributed by atoms with van der Waals surface area (Å²) < 4.78 is 11.5. The third-order valence-electron chi connectivity index (χ3n) is 5.29. The number of aliphatic hydroxyl groups is 1. The standard InChI is InChI=1S/C26H31NO5/c1-5-7-15-27-23(20-13-8-9-14-21(20)32-17(3)4)22(25(29)26(27)30)24(28)18-11-10-12-19(16-18)31-6-2/h8-14,16-17,23,28H,5-7,15H2,1-4H3/b24-22-. The first-order valence-corrected chi connectivity index (χ1v) is 11.2. The van der Waals surface area contributed by atoms with Crippen LogP contribution in [0.15, 0.2) is 54.1 Å². The fourth-order valence-corrected chi connectivity index (χ4v) is 3.89. The molecule has 0 spiro atoms. The lowest BCUT2D eigenvalue weighted by atomic mass is 9.94. The van der Waals surface area contributed by atoms with Gasteiger partial charge in [-0.3, -0.25) is 9.59 Å². The van der Waals surface area contributed by atoms with Crippen LogP contribution in [-0.2, 0) is 9.59 Å². The minimum Gasteiger partial charge on any atom is -0.507 e. The van der Waals surface area contributed by atoms with Gasteiger partial charge in [-0.2, -0.15) is 0 Å². The van der Waals surface area contributed by atoms with Crippen LogP contribution in [0.1, 0.15) is 57.7 Å². The van der Waals surface area contributed by atoms with Gasteiger partial charge < -0.3 is 19.5 Å². The molecule has 1 amide bonds. The number of benzene rings is 2. The minimum absolute atomic E-state index is 0.0690. The lowest BCUT2D eigenvalue weighted by Crippen LogP contribution is -2.31. The molecule has 3 rings (SSSR count). The summed E-state index contributed by atoms with van der Waals surface area (Å²) in [5, 5.41) is 11.2. The van der Waals surface area contributed by atoms with Crippen molar-refractivity contribution in [2.45, 2.75) is 52.7 Å². The van der Waals surface area contributed by atoms with Crippen molar-refractivity contribution in [2.24, 2.45) is 0 Å². The quantitative estimate of drug-likeness (QED) is 0.336. The molecule has 0 bridgehead atoms. The molecule has 1 aliphatic heterocycles. The molecule has 1 N–H and O–H groups in total. The molecule has 1 atom stereocenters. The zero-order valence-corrected chi connectivity index (χ0v) is 19.1. The van der Waals surface area contributed by atoms with Crippen LogP contribution in [0.3, 0.4) is 0 Å². The lowest BCUT2D eigenvalue weighted by Gasteiger charge is -2.27. The predicted molar refractivity (Wildman–Crippen MR) is 124 cm³/mol. The molecule has 1 heterocycles. The summed E-state index contributed by atoms with van der Waals surface area (Å²) in [4.78, 5) is 27.7. The van der Waals surface area contributed by atoms with Crippen molar-refractivity contribution in [1.82, 2.24) is 4.90 Å². The van der Waals surface area contributed by atoms with E-state index in [4.69, 9.17) is 9.47 Å². The predicted octanol–water partition coefficient (Wildman–Crippen LogP) is 5.09. The first-order valence-electron chi connectivity index (χ1n) is 11.2. The first kappa shape index (κ1) is 23.4. The van der Waals surface area contributed by atoms with Crippen molar-refractivity contribution in [3.63, 3.8) is 0 Å². The van der Waals surface area contributed by atoms with Crippen LogP contribution in [0.5, 0.6) is 11.5 Å². The number of amides is 1. The van der Waals surface area contributed by atoms with Crippen molar-refractivity contribution in [3.8, 4) is 11.5 Å². The molecule has 32 heavy (non-hydrogen) atoms. The van der Waals surface area contributed by atoms with Gasteiger partial charge in [-0.25, -0.2) is 0 Å². The van der Waals surface area contributed by atoms with E-state index in [1.54, 1.807) is 29.2 Å². The summed E-state index contributed by atoms with van der Waals surface area (Å²) in [6.07, 6.45) is 1.53. The molecule has 0 aromatic heterocycles. The average molecular weight is 438 g/mol. The largest absolute Gasteiger partial charge is 0.507 e. The Hall–Kier alpha value is -3.28. The van der Waals surface area contributed by atoms with E-state index in [0.717, 1.165) is 12.8 Å². The van der Waals surface area contributed by atoms with Crippen LogP contribution >= 0.6 is 0 Å². The van der Waals surface area contributed by atoms with Gasteiger partial charge in [-0.15, -0.1) is 0 Å². The SMILES string of the molecule is CCCCN1C(=O)C(=O)/C(=C(\O)c2cccc(OCC)c2)C1c1ccccc1OC(C)C. The van der Waals surface area contributed by atoms with Gasteiger partial charge in [0.1, 0.15) is 17.3 Å². The highest BCUT2D eigenvalue weighted by molar-refractivity contribution is 6.46. The fraction of sp³-hybridized carbons (Fsp3) is 0.385. The summed E-state index contributed by atoms with van der Waals surface area (Å²) in [6, 6.07) is 13.5. The first-order chi connectivity index (χ1) is 15.4. The van der Waals surface area contributed by atoms with Crippen LogP contribution in [-0.4, -0.2) is 41.0 Å². The number of carbonyl (C=O) groups excluding carboxylic acids is 2. The Labute approximate surface area is 189 Å². The van der Waals surface area contributed by atoms with E-state index in [2.05, 4.69) is 0 Å². The second kappa shape index (κ2) is 10.4. The highest BCUT2D eigenvalue weighted by Gasteiger charge is 2.46. The molecule has 6 nitrogen and oxygen atoms in total. The number of aliphatic hydroxyl groups excluding tert-OH is 1. The Morgan fingerprint density at radius 3 is 2.53 bits per heavy atom. The molecule has 6 heteroatoms. The maximum atomic E-state index is 13.1. The summed E-state index contributed by atoms with van der Waals surface area (Å²) in [7, 11) is 0. The second-order valence-corrected chi connectivity index (χ2v) is 8.01. The third kappa shape index (κ3) is 4.79. The number of Topliss-reactive ketones (excluding diaryl/α,β-unsaturated/α-hetero) is 1. The van der Waals surface area contributed by atoms with Crippen molar-refractivity contribution in [1.29, 1.82) is 0 Å². The Bertz CT molecular complexity index is 1010. The molecule has 1 unspecified atom stereocenters. The second-order valence-electron chi connectivity index (χ2n) is 8.01. The van der Waals surface area contributed by atoms with Gasteiger partial charge >= 0.3 is 0 Å². The monoisotopic (exact) mass is 437 g/mol. The number of ketones is 1. The van der Waals surface area contributed by atoms with Gasteiger partial charge in [0.15, 0.2) is 0 Å². The highest BCUT2D eigenvalue weighted by Crippen LogP contribution is 2.43. The Balaban J connectivity index is 2.19. The number of likely N-dealkylation sites (tertiary alicyclic amines) is 1. The van der Waals surface area contributed by atoms with Crippen LogP contribution < -0.4 is 9.47 Å². The van der Waals surface area contributed by atoms with E-state index < -0.39 is 17.7 Å². The van der Waals surface area contributed by atoms with Crippen LogP contribution in [0.2, 0.25) is 0 Å². The summed E-state index contributed by atoms with van der Waals surface area (Å²) in [5.74, 6) is -0.343. The topological polar surface area (TPSA) is 76.1 Å². The molecule has 2 aromatic carbocycles. The number of nitrogens with zero attached hydrogens (tertiary/aromatic N) is 1. The number of rotatable bonds is 9. The van der Waals surface area contributed by atoms with E-state index >= 15 is 0 Å². The Morgan fingerprint density at radius 1 is 1.09 bits per heavy atom. The molecular formula is C26H31NO5. The summed E-state index contributed by atoms with van der Waals surface area (Å²) >= 11 is 0. The molecule has 0 saturated carbocycles. The van der Waals surface area contributed by atoms with E-state index in [1.165, 1.54) is 0 Å². The number of hydrogen-bond acceptors (Lipinski definition) is 5. The van der Waals surface area contributed by atoms with Crippen molar-refractivity contribution < 1.29 is 24.2 Å². The van der Waals surface area contributed by atoms with Gasteiger partial charge in [-0.05, 0) is 45.4 Å². The minimum atomic E-state index is -0.729. The molecular weight excluding hydrogens is 406 g/mol. The number of para-hydroxylation sites is 1. The van der Waals surface area contributed by atoms with Crippen molar-refractivity contribution in [2.75, 3.05) is 13.2 Å². The van der Waals surface area contributed by atoms with E-state index in [-0.39, 0.29) is 17.4 Å². The molecule has 1 aliphatic rings. The molecule has 0 radical (unpaired) electrons. The molecule has 2 aromatic rings. The molecule has 0 aliphatic carbocycles. The van der Waals surface area contributed by atoms with Crippen LogP contribution in [0, 0.1) is 0 Å². The van der Waals surface area contributed by atoms with Crippen LogP contribution in [0.4, 0.5) is 0 Å². The smallest absolute Gasteiger partial charge is 0.295 e. The normalized spacial score (nSPS) is 17.8. The maximum Gasteiger partial charge on any atom is 0.295 e. The van der Waals surface area contributed by atoms with Gasteiger partial charge in [0, 0.05) is 17.7 Å². The Kier molecular flexibility index (Phi) is 7.57. The van der Waals surface area contributed by atoms with Crippen molar-refractivity contribution >= 4 is 17.4 Å². The Morgan fingerprint density at radius 2 is 1.84 bits per heavy atom. The maximum absolute atomic E-state index is 13.1. The van der Waals surface area contributed by atoms with Crippen LogP contribution in [0.25, 0.3) is 5.76 Å². The third-order valence-corrected chi connectivity index (χ3v) is 5.29. The number of ether oxygens (including phenoxy) is 2. The molecule has 1 fully saturated rings. The average Bonchev–Trinajstić information content (AvgIpc) is 3.02. The number of unbranched alkanes of at least 4 members (excludes halogenated alkanes) is 1. The highest BCUT2D eigenvalue weighted by atomic mass is 16.5. The molecule has 1 saturated heterocycles. The summed E-state index contributed by atoms with van der Waals surface area (Å²) in [6.45, 7) is 8.63. The van der Waals surface area contributed by atoms with Gasteiger partial charge in [0.05, 0.1) is 24.3 Å². The lowest BCUT2D eigenvalue weighted by molar-refractivity contribution is -0.139. The zero-order valence-electron chi connectivity index (χ0n) is 19.1. The van der Waals surface area contributed by atoms with Gasteiger partial charge in [0.25, 0.3) is 11.7 Å². The number of carbonyl (C=O) groups is 2. The molecule has 170 valence electrons. The van der Waals surface area contributed by atoms with E-state index in [9.17, 15) is 14.7 Å². The fourth-order valence-electron chi connectivity index (χ4n) is 3.89.